The van der Waals surface area contributed by atoms with Gasteiger partial charge in [-0.05, 0) is 76.7 Å². The minimum absolute atomic E-state index is 0.0448. The van der Waals surface area contributed by atoms with Gasteiger partial charge in [-0.15, -0.1) is 0 Å². The summed E-state index contributed by atoms with van der Waals surface area (Å²) in [5.41, 5.74) is 4.01. The summed E-state index contributed by atoms with van der Waals surface area (Å²) in [6, 6.07) is 3.94. The van der Waals surface area contributed by atoms with Crippen LogP contribution < -0.4 is 25.3 Å². The topological polar surface area (TPSA) is 218 Å². The highest BCUT2D eigenvalue weighted by Crippen LogP contribution is 2.44. The van der Waals surface area contributed by atoms with Crippen molar-refractivity contribution >= 4 is 35.1 Å². The molecule has 60 heavy (non-hydrogen) atoms. The SMILES string of the molecule is COc1cc2c(c(C(=O)OC3COC(=O)CC(N)c4cc(O)c(c(Cl)c4)OC4C#CC=C3C#CC3=CC=CC34OC3OC(C)(C)C(N(C)C)C(O)C3O)c1)NC(=O)C(C)O2. The van der Waals surface area contributed by atoms with E-state index in [1.165, 1.54) is 37.5 Å². The number of allylic oxidation sites excluding steroid dienone is 3. The van der Waals surface area contributed by atoms with Crippen LogP contribution in [-0.4, -0.2) is 120 Å². The number of hydrogen-bond donors (Lipinski definition) is 5. The number of likely N-dealkylation sites (N-methyl/N-ethyl adjacent to an activating group) is 1. The molecule has 0 saturated carbocycles. The highest BCUT2D eigenvalue weighted by atomic mass is 35.5. The lowest BCUT2D eigenvalue weighted by Gasteiger charge is -2.51. The average Bonchev–Trinajstić information content (AvgIpc) is 3.60. The van der Waals surface area contributed by atoms with Gasteiger partial charge < -0.3 is 64.4 Å². The molecule has 1 saturated heterocycles. The molecule has 9 atom stereocenters. The number of nitrogens with zero attached hydrogens (tertiary/aromatic N) is 1. The number of nitrogens with one attached hydrogen (secondary N) is 1. The number of ether oxygens (including phenoxy) is 7. The Morgan fingerprint density at radius 1 is 1.10 bits per heavy atom. The van der Waals surface area contributed by atoms with E-state index >= 15 is 0 Å². The number of fused-ring (bicyclic) bond motifs is 9. The molecule has 0 spiro atoms. The fraction of sp³-hybridized carbons (Fsp3) is 0.419. The van der Waals surface area contributed by atoms with Gasteiger partial charge in [0.25, 0.3) is 5.91 Å². The number of hydrogen-bond acceptors (Lipinski definition) is 15. The molecule has 4 heterocycles. The third-order valence-corrected chi connectivity index (χ3v) is 11.0. The van der Waals surface area contributed by atoms with E-state index < -0.39 is 90.3 Å². The number of carbonyl (C=O) groups excluding carboxylic acids is 3. The van der Waals surface area contributed by atoms with Gasteiger partial charge in [0, 0.05) is 23.8 Å². The Morgan fingerprint density at radius 2 is 1.87 bits per heavy atom. The van der Waals surface area contributed by atoms with Gasteiger partial charge in [0.05, 0.1) is 47.0 Å². The molecule has 1 fully saturated rings. The Morgan fingerprint density at radius 3 is 2.58 bits per heavy atom. The van der Waals surface area contributed by atoms with E-state index in [2.05, 4.69) is 29.0 Å². The zero-order chi connectivity index (χ0) is 43.3. The zero-order valence-corrected chi connectivity index (χ0v) is 34.2. The van der Waals surface area contributed by atoms with Crippen molar-refractivity contribution in [3.8, 4) is 46.7 Å². The van der Waals surface area contributed by atoms with E-state index in [1.807, 2.05) is 0 Å². The second-order valence-electron chi connectivity index (χ2n) is 15.5. The Bertz CT molecular complexity index is 2310. The summed E-state index contributed by atoms with van der Waals surface area (Å²) in [6.45, 7) is 4.49. The summed E-state index contributed by atoms with van der Waals surface area (Å²) in [5, 5.41) is 36.7. The third-order valence-electron chi connectivity index (χ3n) is 10.7. The van der Waals surface area contributed by atoms with Crippen molar-refractivity contribution in [2.75, 3.05) is 33.1 Å². The number of phenols is 1. The molecule has 2 aromatic carbocycles. The lowest BCUT2D eigenvalue weighted by Crippen LogP contribution is -2.68. The van der Waals surface area contributed by atoms with Crippen LogP contribution in [0.25, 0.3) is 0 Å². The molecular formula is C43H44ClN3O13. The van der Waals surface area contributed by atoms with Crippen LogP contribution in [0.2, 0.25) is 5.02 Å². The number of aliphatic hydroxyl groups is 2. The zero-order valence-electron chi connectivity index (χ0n) is 33.5. The maximum Gasteiger partial charge on any atom is 0.341 e. The van der Waals surface area contributed by atoms with Crippen molar-refractivity contribution in [1.82, 2.24) is 4.90 Å². The van der Waals surface area contributed by atoms with Gasteiger partial charge in [-0.3, -0.25) is 9.59 Å². The summed E-state index contributed by atoms with van der Waals surface area (Å²) in [4.78, 5) is 41.7. The molecule has 9 unspecified atom stereocenters. The van der Waals surface area contributed by atoms with Gasteiger partial charge in [0.2, 0.25) is 0 Å². The number of anilines is 1. The second-order valence-corrected chi connectivity index (χ2v) is 15.9. The first-order valence-corrected chi connectivity index (χ1v) is 19.3. The monoisotopic (exact) mass is 845 g/mol. The average molecular weight is 846 g/mol. The van der Waals surface area contributed by atoms with Crippen LogP contribution in [-0.2, 0) is 28.5 Å². The first-order valence-electron chi connectivity index (χ1n) is 18.9. The molecule has 0 radical (unpaired) electrons. The van der Waals surface area contributed by atoms with Gasteiger partial charge in [-0.1, -0.05) is 35.4 Å². The predicted octanol–water partition coefficient (Wildman–Crippen LogP) is 2.68. The number of phenolic OH excluding ortho intramolecular Hbond substituents is 1. The number of aromatic hydroxyl groups is 1. The van der Waals surface area contributed by atoms with E-state index in [4.69, 9.17) is 50.5 Å². The maximum atomic E-state index is 14.1. The van der Waals surface area contributed by atoms with Crippen LogP contribution in [0.4, 0.5) is 5.69 Å². The molecule has 16 nitrogen and oxygen atoms in total. The van der Waals surface area contributed by atoms with Crippen molar-refractivity contribution < 1.29 is 62.9 Å². The number of benzene rings is 2. The second kappa shape index (κ2) is 16.5. The summed E-state index contributed by atoms with van der Waals surface area (Å²) in [7, 11) is 4.90. The number of methoxy groups -OCH3 is 1. The highest BCUT2D eigenvalue weighted by Gasteiger charge is 2.55. The molecular weight excluding hydrogens is 802 g/mol. The standard InChI is InChI=1S/C43H44ClN3O13/c1-21-39(52)46-34-26(17-25(54-6)18-30(34)56-21)40(53)57-31-20-55-33(49)19-28(45)23-15-27(44)37(29(48)16-23)58-32-11-7-9-22(31)12-13-24-10-8-14-43(24,32)60-41-36(51)35(50)38(47(4)5)42(2,3)59-41/h8-10,14-18,21,28,31-32,35-36,38,41,48,50-51H,19-20,45H2,1-6H3,(H,46,52). The molecule has 6 aliphatic rings. The maximum absolute atomic E-state index is 14.1. The number of esters is 2. The minimum atomic E-state index is -1.79. The van der Waals surface area contributed by atoms with Crippen LogP contribution in [0.3, 0.4) is 0 Å². The number of carbonyl (C=O) groups is 3. The molecule has 4 aliphatic heterocycles. The predicted molar refractivity (Wildman–Crippen MR) is 214 cm³/mol. The summed E-state index contributed by atoms with van der Waals surface area (Å²) < 4.78 is 42.2. The van der Waals surface area contributed by atoms with Crippen LogP contribution >= 0.6 is 11.6 Å². The summed E-state index contributed by atoms with van der Waals surface area (Å²) in [6.07, 6.45) is -2.24. The van der Waals surface area contributed by atoms with E-state index in [9.17, 15) is 29.7 Å². The van der Waals surface area contributed by atoms with Crippen LogP contribution in [0.1, 0.15) is 49.2 Å². The third kappa shape index (κ3) is 8.03. The van der Waals surface area contributed by atoms with Crippen molar-refractivity contribution in [3.05, 3.63) is 75.9 Å². The molecule has 316 valence electrons. The van der Waals surface area contributed by atoms with Crippen molar-refractivity contribution in [2.45, 2.75) is 87.3 Å². The molecule has 8 rings (SSSR count). The smallest absolute Gasteiger partial charge is 0.341 e. The van der Waals surface area contributed by atoms with Crippen LogP contribution in [0.5, 0.6) is 23.0 Å². The minimum Gasteiger partial charge on any atom is -0.504 e. The van der Waals surface area contributed by atoms with Gasteiger partial charge in [0.15, 0.2) is 41.7 Å². The van der Waals surface area contributed by atoms with E-state index in [0.717, 1.165) is 0 Å². The van der Waals surface area contributed by atoms with E-state index in [1.54, 1.807) is 58.0 Å². The quantitative estimate of drug-likeness (QED) is 0.209. The van der Waals surface area contributed by atoms with Crippen LogP contribution in [0.15, 0.2) is 59.7 Å². The van der Waals surface area contributed by atoms with E-state index in [0.29, 0.717) is 0 Å². The molecule has 0 aromatic heterocycles. The lowest BCUT2D eigenvalue weighted by molar-refractivity contribution is -0.329. The van der Waals surface area contributed by atoms with Gasteiger partial charge >= 0.3 is 11.9 Å². The molecule has 2 aliphatic carbocycles. The molecule has 17 heteroatoms. The normalized spacial score (nSPS) is 30.2. The van der Waals surface area contributed by atoms with Crippen molar-refractivity contribution in [1.29, 1.82) is 0 Å². The van der Waals surface area contributed by atoms with Gasteiger partial charge in [-0.2, -0.15) is 0 Å². The van der Waals surface area contributed by atoms with Crippen LogP contribution in [0, 0.1) is 23.7 Å². The van der Waals surface area contributed by atoms with Crippen molar-refractivity contribution in [3.63, 3.8) is 0 Å². The highest BCUT2D eigenvalue weighted by molar-refractivity contribution is 6.32. The first kappa shape index (κ1) is 42.6. The summed E-state index contributed by atoms with van der Waals surface area (Å²) >= 11 is 6.70. The Labute approximate surface area is 350 Å². The Kier molecular flexibility index (Phi) is 11.7. The fourth-order valence-electron chi connectivity index (χ4n) is 7.73. The Balaban J connectivity index is 1.33. The Hall–Kier alpha value is -5.56. The first-order chi connectivity index (χ1) is 28.4. The number of nitrogens with two attached hydrogens (primary N) is 1. The summed E-state index contributed by atoms with van der Waals surface area (Å²) in [5.74, 6) is 9.47. The molecule has 1 amide bonds. The van der Waals surface area contributed by atoms with Crippen molar-refractivity contribution in [2.24, 2.45) is 5.73 Å². The molecule has 4 bridgehead atoms. The number of halogens is 1. The number of amides is 1. The fourth-order valence-corrected chi connectivity index (χ4v) is 8.00. The van der Waals surface area contributed by atoms with Gasteiger partial charge in [0.1, 0.15) is 30.3 Å². The molecule has 2 aromatic rings. The van der Waals surface area contributed by atoms with E-state index in [-0.39, 0.29) is 56.7 Å². The van der Waals surface area contributed by atoms with Gasteiger partial charge in [-0.25, -0.2) is 4.79 Å². The number of aliphatic hydroxyl groups excluding tert-OH is 2. The lowest BCUT2D eigenvalue weighted by atomic mass is 9.85. The molecule has 6 N–H and O–H groups in total. The largest absolute Gasteiger partial charge is 0.504 e. The number of rotatable bonds is 6.